The highest BCUT2D eigenvalue weighted by Crippen LogP contribution is 2.22. The molecule has 2 rings (SSSR count). The molecule has 0 bridgehead atoms. The van der Waals surface area contributed by atoms with Gasteiger partial charge in [0, 0.05) is 6.42 Å². The zero-order chi connectivity index (χ0) is 33.8. The van der Waals surface area contributed by atoms with Crippen LogP contribution >= 0.6 is 0 Å². The summed E-state index contributed by atoms with van der Waals surface area (Å²) in [5.74, 6) is -1.31. The largest absolute Gasteiger partial charge is 0.373 e. The van der Waals surface area contributed by atoms with Gasteiger partial charge < -0.3 is 0 Å². The Morgan fingerprint density at radius 2 is 0.913 bits per heavy atom. The Hall–Kier alpha value is -2.79. The van der Waals surface area contributed by atoms with Crippen LogP contribution in [0, 0.1) is 13.2 Å². The fourth-order valence-electron chi connectivity index (χ4n) is 5.87. The maximum Gasteiger partial charge on any atom is 0.373 e. The monoisotopic (exact) mass is 664 g/mol. The van der Waals surface area contributed by atoms with E-state index in [0.29, 0.717) is 17.5 Å². The number of benzene rings is 2. The fraction of sp³-hybridized carbons (Fsp3) is 0.474. The van der Waals surface area contributed by atoms with Crippen molar-refractivity contribution in [2.45, 2.75) is 116 Å². The Balaban J connectivity index is 2.01. The summed E-state index contributed by atoms with van der Waals surface area (Å²) in [4.78, 5) is 46.7. The highest BCUT2D eigenvalue weighted by molar-refractivity contribution is 6.96. The van der Waals surface area contributed by atoms with E-state index in [4.69, 9.17) is 19.6 Å². The fourth-order valence-corrected chi connectivity index (χ4v) is 11.8. The topological polar surface area (TPSA) is 71.1 Å². The lowest BCUT2D eigenvalue weighted by molar-refractivity contribution is -0.363. The summed E-state index contributed by atoms with van der Waals surface area (Å²) in [6.07, 6.45) is 10.0. The minimum absolute atomic E-state index is 0.0736. The number of carbonyl (C=O) groups excluding carboxylic acids is 2. The summed E-state index contributed by atoms with van der Waals surface area (Å²) in [5.41, 5.74) is 4.93. The number of carbonyl (C=O) groups is 2. The first kappa shape index (κ1) is 39.4. The first-order valence-corrected chi connectivity index (χ1v) is 22.2. The smallest absolute Gasteiger partial charge is 0.289 e. The van der Waals surface area contributed by atoms with Gasteiger partial charge >= 0.3 is 18.2 Å². The van der Waals surface area contributed by atoms with E-state index in [1.165, 1.54) is 36.1 Å². The van der Waals surface area contributed by atoms with Gasteiger partial charge in [-0.15, -0.1) is 22.9 Å². The molecular weight excluding hydrogens is 609 g/mol. The van der Waals surface area contributed by atoms with Gasteiger partial charge in [0.2, 0.25) is 0 Å². The van der Waals surface area contributed by atoms with Crippen molar-refractivity contribution in [2.75, 3.05) is 0 Å². The highest BCUT2D eigenvalue weighted by atomic mass is 28.3. The van der Waals surface area contributed by atoms with E-state index in [1.54, 1.807) is 24.3 Å². The summed E-state index contributed by atoms with van der Waals surface area (Å²) in [5, 5.41) is 2.45. The van der Waals surface area contributed by atoms with Crippen LogP contribution in [0.15, 0.2) is 73.1 Å². The van der Waals surface area contributed by atoms with Gasteiger partial charge in [0.05, 0.1) is 11.1 Å². The average molecular weight is 665 g/mol. The van der Waals surface area contributed by atoms with Crippen LogP contribution in [0.5, 0.6) is 0 Å². The molecule has 0 aliphatic carbocycles. The molecule has 0 saturated heterocycles. The van der Waals surface area contributed by atoms with Gasteiger partial charge in [0.1, 0.15) is 16.1 Å². The molecule has 0 N–H and O–H groups in total. The first-order chi connectivity index (χ1) is 22.3. The number of rotatable bonds is 24. The summed E-state index contributed by atoms with van der Waals surface area (Å²) < 4.78 is 0. The maximum absolute atomic E-state index is 12.8. The summed E-state index contributed by atoms with van der Waals surface area (Å²) >= 11 is 0. The second kappa shape index (κ2) is 21.2. The van der Waals surface area contributed by atoms with Crippen LogP contribution in [0.25, 0.3) is 0 Å². The molecule has 0 aromatic heterocycles. The molecule has 0 aliphatic rings. The van der Waals surface area contributed by atoms with E-state index in [0.717, 1.165) is 56.3 Å². The van der Waals surface area contributed by atoms with Crippen molar-refractivity contribution in [3.05, 3.63) is 97.4 Å². The van der Waals surface area contributed by atoms with Crippen LogP contribution in [0.1, 0.15) is 113 Å². The molecule has 2 aromatic rings. The Morgan fingerprint density at radius 3 is 1.24 bits per heavy atom. The number of hydrogen-bond acceptors (Lipinski definition) is 6. The summed E-state index contributed by atoms with van der Waals surface area (Å²) in [6.45, 7) is 20.8. The lowest BCUT2D eigenvalue weighted by Gasteiger charge is -2.26. The van der Waals surface area contributed by atoms with Gasteiger partial charge in [-0.1, -0.05) is 156 Å². The predicted molar refractivity (Wildman–Crippen MR) is 194 cm³/mol. The average Bonchev–Trinajstić information content (AvgIpc) is 3.10. The van der Waals surface area contributed by atoms with Gasteiger partial charge in [-0.2, -0.15) is 0 Å². The molecule has 252 valence electrons. The molecule has 2 aromatic carbocycles. The van der Waals surface area contributed by atoms with Gasteiger partial charge in [0.25, 0.3) is 0 Å². The van der Waals surface area contributed by atoms with Gasteiger partial charge in [0.15, 0.2) is 0 Å². The maximum atomic E-state index is 12.8. The van der Waals surface area contributed by atoms with E-state index in [-0.39, 0.29) is 6.29 Å². The summed E-state index contributed by atoms with van der Waals surface area (Å²) in [6, 6.07) is 19.1. The molecule has 0 fully saturated rings. The van der Waals surface area contributed by atoms with Crippen molar-refractivity contribution < 1.29 is 29.1 Å². The normalized spacial score (nSPS) is 11.8. The lowest BCUT2D eigenvalue weighted by atomic mass is 10.1. The third kappa shape index (κ3) is 11.5. The molecular formula is C38H56O6Si2. The van der Waals surface area contributed by atoms with Crippen molar-refractivity contribution in [3.63, 3.8) is 0 Å². The molecule has 46 heavy (non-hydrogen) atoms. The second-order valence-corrected chi connectivity index (χ2v) is 21.4. The van der Waals surface area contributed by atoms with Crippen molar-refractivity contribution >= 4 is 38.5 Å². The molecule has 6 nitrogen and oxygen atoms in total. The van der Waals surface area contributed by atoms with Crippen molar-refractivity contribution in [1.82, 2.24) is 0 Å². The Morgan fingerprint density at radius 1 is 0.565 bits per heavy atom. The van der Waals surface area contributed by atoms with Crippen LogP contribution in [-0.4, -0.2) is 28.1 Å². The molecule has 2 radical (unpaired) electrons. The van der Waals surface area contributed by atoms with E-state index < -0.39 is 28.1 Å². The van der Waals surface area contributed by atoms with Crippen LogP contribution in [0.4, 0.5) is 0 Å². The van der Waals surface area contributed by atoms with Crippen molar-refractivity contribution in [1.29, 1.82) is 0 Å². The number of unbranched alkanes of at least 4 members (excludes halogenated alkanes) is 8. The molecule has 0 aliphatic heterocycles. The molecule has 0 heterocycles. The Bertz CT molecular complexity index is 1100. The minimum atomic E-state index is -1.79. The summed E-state index contributed by atoms with van der Waals surface area (Å²) in [7, 11) is -3.57. The van der Waals surface area contributed by atoms with Crippen LogP contribution in [-0.2, 0) is 19.6 Å². The predicted octanol–water partition coefficient (Wildman–Crippen LogP) is 9.63. The molecule has 0 unspecified atom stereocenters. The third-order valence-corrected chi connectivity index (χ3v) is 19.1. The first-order valence-electron chi connectivity index (χ1n) is 17.2. The molecule has 0 atom stereocenters. The lowest BCUT2D eigenvalue weighted by Crippen LogP contribution is -2.44. The number of hydrogen-bond donors (Lipinski definition) is 0. The second-order valence-electron chi connectivity index (χ2n) is 12.0. The zero-order valence-electron chi connectivity index (χ0n) is 28.7. The molecule has 0 saturated carbocycles. The van der Waals surface area contributed by atoms with Crippen molar-refractivity contribution in [3.8, 4) is 0 Å². The van der Waals surface area contributed by atoms with Crippen molar-refractivity contribution in [2.24, 2.45) is 0 Å². The third-order valence-electron chi connectivity index (χ3n) is 9.50. The van der Waals surface area contributed by atoms with E-state index >= 15 is 0 Å². The highest BCUT2D eigenvalue weighted by Gasteiger charge is 2.29. The quantitative estimate of drug-likeness (QED) is 0.0482. The van der Waals surface area contributed by atoms with Crippen LogP contribution in [0.3, 0.4) is 0 Å². The van der Waals surface area contributed by atoms with Gasteiger partial charge in [-0.25, -0.2) is 9.59 Å². The SMILES string of the molecule is [CH2]CCCCCCCCCC[C](OOC(=O)c1ccc([Si](C=C)(CC)CC)cc1)OOC(=O)c1ccc([Si](C=C)(CC)CC)cc1. The zero-order valence-corrected chi connectivity index (χ0v) is 30.7. The van der Waals surface area contributed by atoms with Gasteiger partial charge in [-0.3, -0.25) is 9.78 Å². The van der Waals surface area contributed by atoms with Crippen LogP contribution in [0.2, 0.25) is 24.2 Å². The van der Waals surface area contributed by atoms with E-state index in [1.807, 2.05) is 24.3 Å². The van der Waals surface area contributed by atoms with E-state index in [2.05, 4.69) is 59.2 Å². The Kier molecular flexibility index (Phi) is 18.1. The molecule has 8 heteroatoms. The molecule has 0 spiro atoms. The molecule has 0 amide bonds. The van der Waals surface area contributed by atoms with Crippen LogP contribution < -0.4 is 10.4 Å². The van der Waals surface area contributed by atoms with Gasteiger partial charge in [-0.05, 0) is 30.7 Å². The Labute approximate surface area is 280 Å². The minimum Gasteiger partial charge on any atom is -0.289 e. The van der Waals surface area contributed by atoms with E-state index in [9.17, 15) is 9.59 Å². The standard InChI is InChI=1S/C38H56O6Si2/c1-8-15-16-17-18-19-20-21-22-23-36(41-43-37(39)32-24-28-34(29-25-32)45(9-2,10-3)11-4)42-44-38(40)33-26-30-35(31-27-33)46(12-5,13-6)14-7/h9,12,24-31H,1-2,5,8,10-11,13-23H2,3-4,6-7H3.